The lowest BCUT2D eigenvalue weighted by Gasteiger charge is -2.16. The molecule has 1 atom stereocenters. The molecule has 0 radical (unpaired) electrons. The summed E-state index contributed by atoms with van der Waals surface area (Å²) in [6.45, 7) is -1.99. The zero-order valence-electron chi connectivity index (χ0n) is 10.7. The summed E-state index contributed by atoms with van der Waals surface area (Å²) in [4.78, 5) is 11.5. The molecule has 112 valence electrons. The van der Waals surface area contributed by atoms with Gasteiger partial charge in [0.2, 0.25) is 5.91 Å². The van der Waals surface area contributed by atoms with Gasteiger partial charge in [-0.3, -0.25) is 4.79 Å². The third-order valence-corrected chi connectivity index (χ3v) is 2.46. The Labute approximate surface area is 114 Å². The number of hydrogen-bond donors (Lipinski definition) is 2. The molecule has 1 rings (SSSR count). The van der Waals surface area contributed by atoms with Crippen LogP contribution in [0.1, 0.15) is 18.0 Å². The molecule has 0 heterocycles. The summed E-state index contributed by atoms with van der Waals surface area (Å²) < 4.78 is 39.8. The fourth-order valence-corrected chi connectivity index (χ4v) is 1.54. The van der Waals surface area contributed by atoms with E-state index in [1.807, 2.05) is 0 Å². The van der Waals surface area contributed by atoms with Gasteiger partial charge in [-0.25, -0.2) is 0 Å². The van der Waals surface area contributed by atoms with Crippen LogP contribution < -0.4 is 5.32 Å². The molecule has 0 spiro atoms. The Hall–Kier alpha value is -1.60. The zero-order chi connectivity index (χ0) is 15.0. The summed E-state index contributed by atoms with van der Waals surface area (Å²) in [5.41, 5.74) is 0.722. The Balaban J connectivity index is 2.34. The summed E-state index contributed by atoms with van der Waals surface area (Å²) >= 11 is 0. The largest absolute Gasteiger partial charge is 0.411 e. The van der Waals surface area contributed by atoms with Crippen molar-refractivity contribution in [3.05, 3.63) is 35.9 Å². The number of amides is 1. The topological polar surface area (TPSA) is 58.6 Å². The number of benzene rings is 1. The van der Waals surface area contributed by atoms with Crippen LogP contribution >= 0.6 is 0 Å². The van der Waals surface area contributed by atoms with Crippen molar-refractivity contribution in [3.8, 4) is 0 Å². The normalized spacial score (nSPS) is 13.0. The number of aliphatic hydroxyl groups is 1. The lowest BCUT2D eigenvalue weighted by Crippen LogP contribution is -2.31. The first-order chi connectivity index (χ1) is 9.42. The quantitative estimate of drug-likeness (QED) is 0.753. The Bertz CT molecular complexity index is 409. The van der Waals surface area contributed by atoms with Crippen molar-refractivity contribution in [3.63, 3.8) is 0 Å². The molecule has 1 aromatic carbocycles. The van der Waals surface area contributed by atoms with Crippen molar-refractivity contribution >= 4 is 5.91 Å². The van der Waals surface area contributed by atoms with Gasteiger partial charge in [-0.05, 0) is 5.56 Å². The number of ether oxygens (including phenoxy) is 1. The third kappa shape index (κ3) is 6.53. The number of aliphatic hydroxyl groups excluding tert-OH is 1. The summed E-state index contributed by atoms with van der Waals surface area (Å²) in [5.74, 6) is -0.477. The SMILES string of the molecule is O=C(CCOCC(F)(F)F)NC(CO)c1ccccc1. The number of carbonyl (C=O) groups excluding carboxylic acids is 1. The molecule has 7 heteroatoms. The summed E-state index contributed by atoms with van der Waals surface area (Å²) in [5, 5.41) is 11.7. The number of carbonyl (C=O) groups is 1. The second-order valence-electron chi connectivity index (χ2n) is 4.13. The maximum Gasteiger partial charge on any atom is 0.411 e. The van der Waals surface area contributed by atoms with Gasteiger partial charge in [-0.15, -0.1) is 0 Å². The van der Waals surface area contributed by atoms with Gasteiger partial charge in [0.15, 0.2) is 0 Å². The Morgan fingerprint density at radius 1 is 1.30 bits per heavy atom. The van der Waals surface area contributed by atoms with E-state index >= 15 is 0 Å². The lowest BCUT2D eigenvalue weighted by atomic mass is 10.1. The zero-order valence-corrected chi connectivity index (χ0v) is 10.7. The molecule has 0 fully saturated rings. The smallest absolute Gasteiger partial charge is 0.394 e. The van der Waals surface area contributed by atoms with E-state index in [0.29, 0.717) is 0 Å². The van der Waals surface area contributed by atoms with E-state index in [-0.39, 0.29) is 19.6 Å². The Morgan fingerprint density at radius 2 is 1.95 bits per heavy atom. The van der Waals surface area contributed by atoms with Gasteiger partial charge < -0.3 is 15.2 Å². The van der Waals surface area contributed by atoms with Gasteiger partial charge in [0.1, 0.15) is 6.61 Å². The maximum absolute atomic E-state index is 11.8. The van der Waals surface area contributed by atoms with E-state index in [4.69, 9.17) is 0 Å². The van der Waals surface area contributed by atoms with Crippen LogP contribution in [0.25, 0.3) is 0 Å². The van der Waals surface area contributed by atoms with Gasteiger partial charge in [-0.1, -0.05) is 30.3 Å². The predicted molar refractivity (Wildman–Crippen MR) is 65.9 cm³/mol. The van der Waals surface area contributed by atoms with Gasteiger partial charge in [0.25, 0.3) is 0 Å². The molecular weight excluding hydrogens is 275 g/mol. The van der Waals surface area contributed by atoms with E-state index < -0.39 is 24.7 Å². The first-order valence-electron chi connectivity index (χ1n) is 6.02. The minimum absolute atomic E-state index is 0.195. The van der Waals surface area contributed by atoms with E-state index in [2.05, 4.69) is 10.1 Å². The van der Waals surface area contributed by atoms with Crippen LogP contribution in [0.15, 0.2) is 30.3 Å². The molecule has 0 aliphatic carbocycles. The predicted octanol–water partition coefficient (Wildman–Crippen LogP) is 1.81. The van der Waals surface area contributed by atoms with Gasteiger partial charge in [-0.2, -0.15) is 13.2 Å². The van der Waals surface area contributed by atoms with Crippen molar-refractivity contribution in [2.45, 2.75) is 18.6 Å². The number of halogens is 3. The number of alkyl halides is 3. The van der Waals surface area contributed by atoms with Crippen molar-refractivity contribution < 1.29 is 27.8 Å². The van der Waals surface area contributed by atoms with E-state index in [1.54, 1.807) is 30.3 Å². The van der Waals surface area contributed by atoms with Crippen molar-refractivity contribution in [2.24, 2.45) is 0 Å². The molecule has 1 amide bonds. The molecular formula is C13H16F3NO3. The average Bonchev–Trinajstić information content (AvgIpc) is 2.41. The van der Waals surface area contributed by atoms with Gasteiger partial charge in [0.05, 0.1) is 19.3 Å². The van der Waals surface area contributed by atoms with Crippen LogP contribution in [0, 0.1) is 0 Å². The van der Waals surface area contributed by atoms with Crippen LogP contribution in [0.5, 0.6) is 0 Å². The van der Waals surface area contributed by atoms with Crippen LogP contribution in [0.4, 0.5) is 13.2 Å². The van der Waals surface area contributed by atoms with E-state index in [0.717, 1.165) is 5.56 Å². The standard InChI is InChI=1S/C13H16F3NO3/c14-13(15,16)9-20-7-6-12(19)17-11(8-18)10-4-2-1-3-5-10/h1-5,11,18H,6-9H2,(H,17,19). The summed E-state index contributed by atoms with van der Waals surface area (Å²) in [7, 11) is 0. The molecule has 1 aromatic rings. The minimum Gasteiger partial charge on any atom is -0.394 e. The van der Waals surface area contributed by atoms with Crippen LogP contribution in [-0.4, -0.2) is 37.0 Å². The Morgan fingerprint density at radius 3 is 2.50 bits per heavy atom. The molecule has 20 heavy (non-hydrogen) atoms. The highest BCUT2D eigenvalue weighted by Gasteiger charge is 2.27. The molecule has 0 aromatic heterocycles. The van der Waals surface area contributed by atoms with E-state index in [9.17, 15) is 23.1 Å². The number of rotatable bonds is 7. The van der Waals surface area contributed by atoms with Crippen LogP contribution in [-0.2, 0) is 9.53 Å². The second-order valence-corrected chi connectivity index (χ2v) is 4.13. The summed E-state index contributed by atoms with van der Waals surface area (Å²) in [6.07, 6.45) is -4.59. The molecule has 4 nitrogen and oxygen atoms in total. The molecule has 0 aliphatic heterocycles. The number of hydrogen-bond acceptors (Lipinski definition) is 3. The fourth-order valence-electron chi connectivity index (χ4n) is 1.54. The molecule has 0 bridgehead atoms. The average molecular weight is 291 g/mol. The van der Waals surface area contributed by atoms with E-state index in [1.165, 1.54) is 0 Å². The number of nitrogens with one attached hydrogen (secondary N) is 1. The van der Waals surface area contributed by atoms with Gasteiger partial charge >= 0.3 is 6.18 Å². The van der Waals surface area contributed by atoms with Crippen LogP contribution in [0.2, 0.25) is 0 Å². The van der Waals surface area contributed by atoms with Crippen LogP contribution in [0.3, 0.4) is 0 Å². The molecule has 0 aliphatic rings. The summed E-state index contributed by atoms with van der Waals surface area (Å²) in [6, 6.07) is 8.21. The highest BCUT2D eigenvalue weighted by atomic mass is 19.4. The highest BCUT2D eigenvalue weighted by molar-refractivity contribution is 5.76. The van der Waals surface area contributed by atoms with Crippen molar-refractivity contribution in [1.29, 1.82) is 0 Å². The Kier molecular flexibility index (Phi) is 6.47. The second kappa shape index (κ2) is 7.86. The maximum atomic E-state index is 11.8. The highest BCUT2D eigenvalue weighted by Crippen LogP contribution is 2.14. The van der Waals surface area contributed by atoms with Crippen molar-refractivity contribution in [2.75, 3.05) is 19.8 Å². The molecule has 1 unspecified atom stereocenters. The molecule has 0 saturated carbocycles. The monoisotopic (exact) mass is 291 g/mol. The molecule has 2 N–H and O–H groups in total. The van der Waals surface area contributed by atoms with Gasteiger partial charge in [0, 0.05) is 6.42 Å². The first-order valence-corrected chi connectivity index (χ1v) is 6.02. The third-order valence-electron chi connectivity index (χ3n) is 2.46. The van der Waals surface area contributed by atoms with Crippen molar-refractivity contribution in [1.82, 2.24) is 5.32 Å². The fraction of sp³-hybridized carbons (Fsp3) is 0.462. The first kappa shape index (κ1) is 16.5. The molecule has 0 saturated heterocycles. The minimum atomic E-state index is -4.39. The lowest BCUT2D eigenvalue weighted by molar-refractivity contribution is -0.174.